The van der Waals surface area contributed by atoms with Crippen molar-refractivity contribution in [3.8, 4) is 0 Å². The first-order valence-electron chi connectivity index (χ1n) is 6.69. The number of carboxylic acid groups (broad SMARTS) is 1. The number of aromatic carboxylic acids is 1. The van der Waals surface area contributed by atoms with Gasteiger partial charge in [0.15, 0.2) is 0 Å². The van der Waals surface area contributed by atoms with E-state index < -0.39 is 5.97 Å². The average Bonchev–Trinajstić information content (AvgIpc) is 2.46. The number of carboxylic acids is 1. The van der Waals surface area contributed by atoms with Crippen LogP contribution in [-0.4, -0.2) is 45.9 Å². The first-order valence-corrected chi connectivity index (χ1v) is 6.69. The van der Waals surface area contributed by atoms with Gasteiger partial charge in [0.1, 0.15) is 5.69 Å². The third-order valence-corrected chi connectivity index (χ3v) is 3.72. The monoisotopic (exact) mass is 291 g/mol. The number of hydrogen-bond acceptors (Lipinski definition) is 4. The Bertz CT molecular complexity index is 592. The van der Waals surface area contributed by atoms with Crippen LogP contribution in [0.3, 0.4) is 0 Å². The van der Waals surface area contributed by atoms with Crippen LogP contribution in [0.4, 0.5) is 0 Å². The number of amides is 2. The Morgan fingerprint density at radius 1 is 1.29 bits per heavy atom. The molecule has 1 aromatic rings. The zero-order chi connectivity index (χ0) is 15.6. The van der Waals surface area contributed by atoms with Crippen LogP contribution in [0, 0.1) is 12.8 Å². The zero-order valence-electron chi connectivity index (χ0n) is 11.7. The highest BCUT2D eigenvalue weighted by Gasteiger charge is 2.27. The summed E-state index contributed by atoms with van der Waals surface area (Å²) in [6.45, 7) is 2.46. The van der Waals surface area contributed by atoms with Crippen LogP contribution in [0.15, 0.2) is 12.1 Å². The molecule has 2 amide bonds. The molecule has 7 heteroatoms. The Labute approximate surface area is 121 Å². The Kier molecular flexibility index (Phi) is 4.21. The quantitative estimate of drug-likeness (QED) is 0.838. The van der Waals surface area contributed by atoms with Crippen LogP contribution in [0.5, 0.6) is 0 Å². The second-order valence-electron chi connectivity index (χ2n) is 5.10. The number of primary amides is 1. The summed E-state index contributed by atoms with van der Waals surface area (Å²) >= 11 is 0. The fraction of sp³-hybridized carbons (Fsp3) is 0.429. The molecule has 0 atom stereocenters. The van der Waals surface area contributed by atoms with Crippen molar-refractivity contribution in [1.29, 1.82) is 0 Å². The number of aryl methyl sites for hydroxylation is 1. The van der Waals surface area contributed by atoms with Gasteiger partial charge in [-0.2, -0.15) is 0 Å². The molecule has 1 saturated heterocycles. The third kappa shape index (κ3) is 3.18. The summed E-state index contributed by atoms with van der Waals surface area (Å²) in [5.41, 5.74) is 5.86. The van der Waals surface area contributed by atoms with Gasteiger partial charge < -0.3 is 15.7 Å². The van der Waals surface area contributed by atoms with Gasteiger partial charge >= 0.3 is 5.97 Å². The van der Waals surface area contributed by atoms with E-state index in [0.29, 0.717) is 31.6 Å². The lowest BCUT2D eigenvalue weighted by Crippen LogP contribution is -2.42. The molecular formula is C14H17N3O4. The van der Waals surface area contributed by atoms with Crippen LogP contribution in [0.2, 0.25) is 0 Å². The van der Waals surface area contributed by atoms with Crippen molar-refractivity contribution in [3.05, 3.63) is 29.1 Å². The number of pyridine rings is 1. The van der Waals surface area contributed by atoms with Gasteiger partial charge in [-0.1, -0.05) is 0 Å². The Hall–Kier alpha value is -2.44. The number of carbonyl (C=O) groups excluding carboxylic acids is 2. The first kappa shape index (κ1) is 15.0. The second-order valence-corrected chi connectivity index (χ2v) is 5.10. The predicted molar refractivity (Wildman–Crippen MR) is 73.8 cm³/mol. The van der Waals surface area contributed by atoms with E-state index in [1.54, 1.807) is 11.8 Å². The molecule has 0 aromatic carbocycles. The maximum atomic E-state index is 12.3. The standard InChI is InChI=1S/C14H17N3O4/c1-8-10(14(20)21)2-3-11(16-8)13(19)17-6-4-9(5-7-17)12(15)18/h2-3,9H,4-7H2,1H3,(H2,15,18)(H,20,21). The summed E-state index contributed by atoms with van der Waals surface area (Å²) in [7, 11) is 0. The van der Waals surface area contributed by atoms with Crippen LogP contribution < -0.4 is 5.73 Å². The minimum absolute atomic E-state index is 0.0824. The average molecular weight is 291 g/mol. The Morgan fingerprint density at radius 2 is 1.90 bits per heavy atom. The Morgan fingerprint density at radius 3 is 2.38 bits per heavy atom. The van der Waals surface area contributed by atoms with Gasteiger partial charge in [0.25, 0.3) is 5.91 Å². The molecule has 1 aliphatic heterocycles. The van der Waals surface area contributed by atoms with Crippen molar-refractivity contribution >= 4 is 17.8 Å². The minimum atomic E-state index is -1.07. The number of likely N-dealkylation sites (tertiary alicyclic amines) is 1. The molecule has 0 bridgehead atoms. The van der Waals surface area contributed by atoms with E-state index in [4.69, 9.17) is 10.8 Å². The summed E-state index contributed by atoms with van der Waals surface area (Å²) in [5, 5.41) is 8.95. The number of carbonyl (C=O) groups is 3. The molecule has 2 rings (SSSR count). The third-order valence-electron chi connectivity index (χ3n) is 3.72. The van der Waals surface area contributed by atoms with Crippen LogP contribution in [-0.2, 0) is 4.79 Å². The van der Waals surface area contributed by atoms with E-state index in [2.05, 4.69) is 4.98 Å². The highest BCUT2D eigenvalue weighted by atomic mass is 16.4. The fourth-order valence-corrected chi connectivity index (χ4v) is 2.44. The number of nitrogens with zero attached hydrogens (tertiary/aromatic N) is 2. The van der Waals surface area contributed by atoms with Crippen molar-refractivity contribution in [2.75, 3.05) is 13.1 Å². The number of piperidine rings is 1. The van der Waals surface area contributed by atoms with Crippen LogP contribution in [0.25, 0.3) is 0 Å². The molecule has 0 aliphatic carbocycles. The van der Waals surface area contributed by atoms with E-state index in [1.165, 1.54) is 12.1 Å². The Balaban J connectivity index is 2.09. The van der Waals surface area contributed by atoms with Gasteiger partial charge in [0, 0.05) is 19.0 Å². The van der Waals surface area contributed by atoms with E-state index in [9.17, 15) is 14.4 Å². The normalized spacial score (nSPS) is 15.8. The van der Waals surface area contributed by atoms with Gasteiger partial charge in [-0.15, -0.1) is 0 Å². The maximum absolute atomic E-state index is 12.3. The molecule has 21 heavy (non-hydrogen) atoms. The molecule has 3 N–H and O–H groups in total. The molecule has 2 heterocycles. The molecule has 1 aliphatic rings. The number of aromatic nitrogens is 1. The summed E-state index contributed by atoms with van der Waals surface area (Å²) in [5.74, 6) is -1.83. The second kappa shape index (κ2) is 5.90. The lowest BCUT2D eigenvalue weighted by molar-refractivity contribution is -0.123. The summed E-state index contributed by atoms with van der Waals surface area (Å²) in [4.78, 5) is 40.0. The first-order chi connectivity index (χ1) is 9.90. The highest BCUT2D eigenvalue weighted by Crippen LogP contribution is 2.18. The van der Waals surface area contributed by atoms with Gasteiger partial charge in [-0.25, -0.2) is 9.78 Å². The van der Waals surface area contributed by atoms with E-state index in [-0.39, 0.29) is 29.0 Å². The molecule has 1 aromatic heterocycles. The maximum Gasteiger partial charge on any atom is 0.337 e. The molecule has 0 saturated carbocycles. The molecular weight excluding hydrogens is 274 g/mol. The summed E-state index contributed by atoms with van der Waals surface area (Å²) < 4.78 is 0. The number of hydrogen-bond donors (Lipinski definition) is 2. The predicted octanol–water partition coefficient (Wildman–Crippen LogP) is 0.426. The van der Waals surface area contributed by atoms with E-state index >= 15 is 0 Å². The van der Waals surface area contributed by atoms with Crippen LogP contribution in [0.1, 0.15) is 39.4 Å². The van der Waals surface area contributed by atoms with Gasteiger partial charge in [-0.05, 0) is 31.9 Å². The topological polar surface area (TPSA) is 114 Å². The van der Waals surface area contributed by atoms with Gasteiger partial charge in [0.05, 0.1) is 11.3 Å². The largest absolute Gasteiger partial charge is 0.478 e. The molecule has 7 nitrogen and oxygen atoms in total. The minimum Gasteiger partial charge on any atom is -0.478 e. The molecule has 0 spiro atoms. The highest BCUT2D eigenvalue weighted by molar-refractivity contribution is 5.94. The SMILES string of the molecule is Cc1nc(C(=O)N2CCC(C(N)=O)CC2)ccc1C(=O)O. The molecule has 0 unspecified atom stereocenters. The lowest BCUT2D eigenvalue weighted by Gasteiger charge is -2.30. The zero-order valence-corrected chi connectivity index (χ0v) is 11.7. The molecule has 1 fully saturated rings. The number of rotatable bonds is 3. The van der Waals surface area contributed by atoms with Crippen molar-refractivity contribution < 1.29 is 19.5 Å². The van der Waals surface area contributed by atoms with Crippen molar-refractivity contribution in [2.24, 2.45) is 11.7 Å². The van der Waals surface area contributed by atoms with Crippen molar-refractivity contribution in [2.45, 2.75) is 19.8 Å². The fourth-order valence-electron chi connectivity index (χ4n) is 2.44. The van der Waals surface area contributed by atoms with Gasteiger partial charge in [0.2, 0.25) is 5.91 Å². The number of nitrogens with two attached hydrogens (primary N) is 1. The van der Waals surface area contributed by atoms with E-state index in [1.807, 2.05) is 0 Å². The summed E-state index contributed by atoms with van der Waals surface area (Å²) in [6, 6.07) is 2.80. The van der Waals surface area contributed by atoms with Crippen molar-refractivity contribution in [3.63, 3.8) is 0 Å². The van der Waals surface area contributed by atoms with Crippen LogP contribution >= 0.6 is 0 Å². The van der Waals surface area contributed by atoms with Gasteiger partial charge in [-0.3, -0.25) is 9.59 Å². The lowest BCUT2D eigenvalue weighted by atomic mass is 9.96. The van der Waals surface area contributed by atoms with Crippen molar-refractivity contribution in [1.82, 2.24) is 9.88 Å². The molecule has 0 radical (unpaired) electrons. The smallest absolute Gasteiger partial charge is 0.337 e. The molecule has 112 valence electrons. The van der Waals surface area contributed by atoms with E-state index in [0.717, 1.165) is 0 Å². The summed E-state index contributed by atoms with van der Waals surface area (Å²) in [6.07, 6.45) is 1.10.